The van der Waals surface area contributed by atoms with Crippen LogP contribution in [-0.2, 0) is 4.79 Å². The minimum atomic E-state index is -0.464. The van der Waals surface area contributed by atoms with Crippen molar-refractivity contribution in [3.05, 3.63) is 68.8 Å². The summed E-state index contributed by atoms with van der Waals surface area (Å²) < 4.78 is 13.3. The molecule has 1 aliphatic heterocycles. The summed E-state index contributed by atoms with van der Waals surface area (Å²) in [7, 11) is 0. The Labute approximate surface area is 149 Å². The van der Waals surface area contributed by atoms with Gasteiger partial charge in [-0.15, -0.1) is 0 Å². The summed E-state index contributed by atoms with van der Waals surface area (Å²) in [6, 6.07) is 10.8. The maximum Gasteiger partial charge on any atom is 0.279 e. The highest BCUT2D eigenvalue weighted by atomic mass is 35.5. The molecule has 1 aromatic heterocycles. The molecule has 2 heterocycles. The molecule has 0 radical (unpaired) electrons. The van der Waals surface area contributed by atoms with Gasteiger partial charge in [-0.2, -0.15) is 4.98 Å². The van der Waals surface area contributed by atoms with E-state index in [1.807, 2.05) is 0 Å². The van der Waals surface area contributed by atoms with Gasteiger partial charge in [0, 0.05) is 15.9 Å². The first-order chi connectivity index (χ1) is 12.0. The lowest BCUT2D eigenvalue weighted by molar-refractivity contribution is -0.112. The standard InChI is InChI=1S/C17H9ClFN3O2S/c18-8-4-5-12-11(6-8)13(15(23)21-12)14-16(24)22-17(25-14)20-10-3-1-2-9(19)7-10/h1-7,24H,(H,20,22). The molecule has 0 unspecified atom stereocenters. The number of hydrogen-bond donors (Lipinski definition) is 2. The van der Waals surface area contributed by atoms with Crippen molar-refractivity contribution in [2.75, 3.05) is 5.32 Å². The lowest BCUT2D eigenvalue weighted by Crippen LogP contribution is -2.22. The number of hydrogen-bond acceptors (Lipinski definition) is 5. The second-order valence-corrected chi connectivity index (χ2v) is 6.70. The van der Waals surface area contributed by atoms with Gasteiger partial charge in [-0.3, -0.25) is 4.79 Å². The second-order valence-electron chi connectivity index (χ2n) is 5.26. The van der Waals surface area contributed by atoms with E-state index in [1.165, 1.54) is 12.1 Å². The highest BCUT2D eigenvalue weighted by molar-refractivity contribution is 7.17. The minimum absolute atomic E-state index is 0.250. The van der Waals surface area contributed by atoms with E-state index in [9.17, 15) is 14.3 Å². The minimum Gasteiger partial charge on any atom is -0.492 e. The molecule has 0 saturated heterocycles. The van der Waals surface area contributed by atoms with Crippen LogP contribution < -0.4 is 15.9 Å². The molecule has 0 atom stereocenters. The molecule has 8 heteroatoms. The third-order valence-corrected chi connectivity index (χ3v) is 4.79. The zero-order chi connectivity index (χ0) is 17.6. The molecule has 0 bridgehead atoms. The number of fused-ring (bicyclic) bond motifs is 1. The molecule has 2 aromatic carbocycles. The van der Waals surface area contributed by atoms with E-state index in [0.717, 1.165) is 11.3 Å². The van der Waals surface area contributed by atoms with Gasteiger partial charge in [0.2, 0.25) is 5.88 Å². The van der Waals surface area contributed by atoms with Gasteiger partial charge in [0.25, 0.3) is 5.91 Å². The van der Waals surface area contributed by atoms with Crippen molar-refractivity contribution < 1.29 is 14.3 Å². The number of thiazole rings is 1. The fourth-order valence-electron chi connectivity index (χ4n) is 2.52. The smallest absolute Gasteiger partial charge is 0.279 e. The highest BCUT2D eigenvalue weighted by Gasteiger charge is 2.25. The van der Waals surface area contributed by atoms with Gasteiger partial charge in [-0.05, 0) is 36.4 Å². The van der Waals surface area contributed by atoms with E-state index in [4.69, 9.17) is 11.6 Å². The number of anilines is 2. The summed E-state index contributed by atoms with van der Waals surface area (Å²) in [5, 5.41) is 14.9. The normalized spacial score (nSPS) is 12.9. The van der Waals surface area contributed by atoms with Gasteiger partial charge in [0.1, 0.15) is 10.7 Å². The van der Waals surface area contributed by atoms with Crippen molar-refractivity contribution in [3.63, 3.8) is 0 Å². The fourth-order valence-corrected chi connectivity index (χ4v) is 3.63. The van der Waals surface area contributed by atoms with Crippen molar-refractivity contribution in [2.45, 2.75) is 0 Å². The highest BCUT2D eigenvalue weighted by Crippen LogP contribution is 2.35. The van der Waals surface area contributed by atoms with Gasteiger partial charge in [-0.1, -0.05) is 29.0 Å². The van der Waals surface area contributed by atoms with Crippen LogP contribution in [0.3, 0.4) is 0 Å². The Morgan fingerprint density at radius 2 is 2.04 bits per heavy atom. The van der Waals surface area contributed by atoms with Crippen LogP contribution in [0.5, 0.6) is 5.88 Å². The molecule has 0 spiro atoms. The maximum atomic E-state index is 13.3. The largest absolute Gasteiger partial charge is 0.492 e. The Bertz CT molecular complexity index is 1140. The average molecular weight is 374 g/mol. The van der Waals surface area contributed by atoms with Crippen LogP contribution in [0.15, 0.2) is 47.5 Å². The number of nitrogens with one attached hydrogen (secondary N) is 1. The molecular formula is C17H9ClFN3O2S. The van der Waals surface area contributed by atoms with Crippen LogP contribution in [0.25, 0.3) is 5.57 Å². The van der Waals surface area contributed by atoms with Crippen LogP contribution in [-0.4, -0.2) is 16.0 Å². The first-order valence-corrected chi connectivity index (χ1v) is 8.36. The summed E-state index contributed by atoms with van der Waals surface area (Å²) in [5.74, 6) is -1.16. The molecule has 5 nitrogen and oxygen atoms in total. The Morgan fingerprint density at radius 1 is 1.20 bits per heavy atom. The zero-order valence-corrected chi connectivity index (χ0v) is 14.0. The predicted octanol–water partition coefficient (Wildman–Crippen LogP) is 2.74. The van der Waals surface area contributed by atoms with E-state index in [2.05, 4.69) is 15.3 Å². The third kappa shape index (κ3) is 2.88. The Morgan fingerprint density at radius 3 is 2.84 bits per heavy atom. The molecule has 25 heavy (non-hydrogen) atoms. The van der Waals surface area contributed by atoms with Gasteiger partial charge in [0.15, 0.2) is 5.13 Å². The summed E-state index contributed by atoms with van der Waals surface area (Å²) in [6.07, 6.45) is 0. The molecule has 1 amide bonds. The van der Waals surface area contributed by atoms with Gasteiger partial charge >= 0.3 is 0 Å². The number of carbonyl (C=O) groups is 1. The van der Waals surface area contributed by atoms with Gasteiger partial charge < -0.3 is 10.4 Å². The van der Waals surface area contributed by atoms with Crippen LogP contribution in [0.4, 0.5) is 15.2 Å². The van der Waals surface area contributed by atoms with E-state index in [1.54, 1.807) is 30.3 Å². The van der Waals surface area contributed by atoms with Gasteiger partial charge in [0.05, 0.1) is 10.9 Å². The van der Waals surface area contributed by atoms with Crippen LogP contribution in [0, 0.1) is 5.82 Å². The number of aromatic hydroxyl groups is 1. The molecular weight excluding hydrogens is 365 g/mol. The molecule has 0 fully saturated rings. The van der Waals surface area contributed by atoms with E-state index >= 15 is 0 Å². The van der Waals surface area contributed by atoms with Crippen molar-refractivity contribution in [1.82, 2.24) is 4.98 Å². The lowest BCUT2D eigenvalue weighted by Gasteiger charge is -2.01. The fraction of sp³-hybridized carbons (Fsp3) is 0. The maximum absolute atomic E-state index is 13.3. The van der Waals surface area contributed by atoms with E-state index in [0.29, 0.717) is 26.4 Å². The summed E-state index contributed by atoms with van der Waals surface area (Å²) in [5.41, 5.74) is 0.732. The molecule has 0 saturated carbocycles. The molecule has 124 valence electrons. The SMILES string of the molecule is O=C1N=c2ccc(Cl)cc2=C1c1sc(Nc2cccc(F)c2)nc1O. The number of rotatable bonds is 3. The Hall–Kier alpha value is -2.77. The molecule has 3 aromatic rings. The molecule has 4 rings (SSSR count). The lowest BCUT2D eigenvalue weighted by atomic mass is 10.1. The number of amides is 1. The zero-order valence-electron chi connectivity index (χ0n) is 12.5. The molecule has 1 aliphatic rings. The Balaban J connectivity index is 1.80. The second kappa shape index (κ2) is 5.94. The summed E-state index contributed by atoms with van der Waals surface area (Å²) in [4.78, 5) is 20.5. The average Bonchev–Trinajstić information content (AvgIpc) is 3.06. The van der Waals surface area contributed by atoms with Crippen LogP contribution in [0.1, 0.15) is 4.88 Å². The van der Waals surface area contributed by atoms with Crippen LogP contribution in [0.2, 0.25) is 5.02 Å². The number of halogens is 2. The summed E-state index contributed by atoms with van der Waals surface area (Å²) in [6.45, 7) is 0. The van der Waals surface area contributed by atoms with Crippen LogP contribution >= 0.6 is 22.9 Å². The van der Waals surface area contributed by atoms with Crippen molar-refractivity contribution in [3.8, 4) is 5.88 Å². The number of benzene rings is 2. The van der Waals surface area contributed by atoms with Gasteiger partial charge in [-0.25, -0.2) is 9.38 Å². The Kier molecular flexibility index (Phi) is 3.74. The number of carbonyl (C=O) groups excluding carboxylic acids is 1. The molecule has 2 N–H and O–H groups in total. The number of nitrogens with zero attached hydrogens (tertiary/aromatic N) is 2. The first kappa shape index (κ1) is 15.7. The molecule has 0 aliphatic carbocycles. The quantitative estimate of drug-likeness (QED) is 0.740. The number of aromatic nitrogens is 1. The van der Waals surface area contributed by atoms with Crippen molar-refractivity contribution >= 4 is 45.2 Å². The monoisotopic (exact) mass is 373 g/mol. The van der Waals surface area contributed by atoms with Crippen molar-refractivity contribution in [1.29, 1.82) is 0 Å². The van der Waals surface area contributed by atoms with E-state index in [-0.39, 0.29) is 16.3 Å². The van der Waals surface area contributed by atoms with Crippen molar-refractivity contribution in [2.24, 2.45) is 4.99 Å². The first-order valence-electron chi connectivity index (χ1n) is 7.17. The topological polar surface area (TPSA) is 74.6 Å². The summed E-state index contributed by atoms with van der Waals surface area (Å²) >= 11 is 7.08. The van der Waals surface area contributed by atoms with E-state index < -0.39 is 11.7 Å². The third-order valence-electron chi connectivity index (χ3n) is 3.58. The predicted molar refractivity (Wildman–Crippen MR) is 93.2 cm³/mol.